The van der Waals surface area contributed by atoms with Crippen molar-refractivity contribution in [2.75, 3.05) is 0 Å². The molecule has 0 amide bonds. The lowest BCUT2D eigenvalue weighted by atomic mass is 10.0. The zero-order valence-corrected chi connectivity index (χ0v) is 36.9. The fourth-order valence-corrected chi connectivity index (χ4v) is 7.33. The fraction of sp³-hybridized carbons (Fsp3) is 0.667. The van der Waals surface area contributed by atoms with E-state index in [1.807, 2.05) is 6.21 Å². The number of hydrogen-bond acceptors (Lipinski definition) is 2. The van der Waals surface area contributed by atoms with E-state index in [0.29, 0.717) is 0 Å². The van der Waals surface area contributed by atoms with Crippen molar-refractivity contribution in [3.63, 3.8) is 0 Å². The van der Waals surface area contributed by atoms with E-state index in [0.717, 1.165) is 87.7 Å². The highest BCUT2D eigenvalue weighted by Gasteiger charge is 2.05. The SMILES string of the molecule is CCCCCCCCCCCCCC#CCCCc1ccccc1N=CC(CCCC)=Nc1ccccc1CCCC#CCCCCCCCCCCCCC. The first kappa shape index (κ1) is 49.0. The van der Waals surface area contributed by atoms with Crippen molar-refractivity contribution in [2.24, 2.45) is 9.98 Å². The summed E-state index contributed by atoms with van der Waals surface area (Å²) in [4.78, 5) is 10.2. The van der Waals surface area contributed by atoms with E-state index in [4.69, 9.17) is 9.98 Å². The molecule has 0 aliphatic rings. The van der Waals surface area contributed by atoms with Crippen LogP contribution in [0.1, 0.15) is 231 Å². The lowest BCUT2D eigenvalue weighted by Gasteiger charge is -2.08. The molecule has 0 aromatic heterocycles. The van der Waals surface area contributed by atoms with Gasteiger partial charge in [0.25, 0.3) is 0 Å². The molecule has 0 spiro atoms. The molecule has 0 unspecified atom stereocenters. The first-order valence-corrected chi connectivity index (χ1v) is 24.0. The van der Waals surface area contributed by atoms with Gasteiger partial charge in [-0.3, -0.25) is 9.98 Å². The minimum Gasteiger partial charge on any atom is -0.255 e. The van der Waals surface area contributed by atoms with Crippen molar-refractivity contribution in [1.29, 1.82) is 0 Å². The molecule has 2 rings (SSSR count). The second-order valence-electron chi connectivity index (χ2n) is 16.2. The van der Waals surface area contributed by atoms with Crippen molar-refractivity contribution in [1.82, 2.24) is 0 Å². The molecule has 0 bridgehead atoms. The van der Waals surface area contributed by atoms with Crippen LogP contribution in [-0.4, -0.2) is 11.9 Å². The highest BCUT2D eigenvalue weighted by Crippen LogP contribution is 2.24. The van der Waals surface area contributed by atoms with Gasteiger partial charge in [0.05, 0.1) is 17.1 Å². The molecule has 0 saturated carbocycles. The molecule has 0 saturated heterocycles. The number of aryl methyl sites for hydroxylation is 2. The standard InChI is InChI=1S/C54H84N2/c1-4-7-10-12-14-16-18-20-22-24-26-28-30-32-34-36-42-50-44-38-40-47-53(50)55-49-52(46-9-6-3)56-54-48-41-39-45-51(54)43-37-35-33-31-29-27-25-23-21-19-17-15-13-11-8-5-2/h38-41,44-45,47-49H,4-29,34-37,42-43,46H2,1-3H3. The van der Waals surface area contributed by atoms with E-state index in [1.165, 1.54) is 152 Å². The van der Waals surface area contributed by atoms with Crippen LogP contribution < -0.4 is 0 Å². The molecule has 0 fully saturated rings. The first-order chi connectivity index (χ1) is 27.8. The molecule has 2 aromatic rings. The minimum atomic E-state index is 0.940. The molecular weight excluding hydrogens is 677 g/mol. The Morgan fingerprint density at radius 2 is 0.768 bits per heavy atom. The second kappa shape index (κ2) is 37.5. The maximum Gasteiger partial charge on any atom is 0.0665 e. The zero-order valence-electron chi connectivity index (χ0n) is 36.9. The predicted octanol–water partition coefficient (Wildman–Crippen LogP) is 17.4. The summed E-state index contributed by atoms with van der Waals surface area (Å²) in [6.07, 6.45) is 43.9. The summed E-state index contributed by atoms with van der Waals surface area (Å²) in [6.45, 7) is 6.83. The van der Waals surface area contributed by atoms with Gasteiger partial charge in [0.1, 0.15) is 0 Å². The predicted molar refractivity (Wildman–Crippen MR) is 251 cm³/mol. The second-order valence-corrected chi connectivity index (χ2v) is 16.2. The largest absolute Gasteiger partial charge is 0.255 e. The van der Waals surface area contributed by atoms with E-state index < -0.39 is 0 Å². The molecular formula is C54H84N2. The smallest absolute Gasteiger partial charge is 0.0665 e. The van der Waals surface area contributed by atoms with Gasteiger partial charge < -0.3 is 0 Å². The Morgan fingerprint density at radius 1 is 0.411 bits per heavy atom. The van der Waals surface area contributed by atoms with Gasteiger partial charge in [-0.15, -0.1) is 23.7 Å². The van der Waals surface area contributed by atoms with Gasteiger partial charge in [-0.05, 0) is 74.6 Å². The first-order valence-electron chi connectivity index (χ1n) is 24.0. The van der Waals surface area contributed by atoms with E-state index >= 15 is 0 Å². The monoisotopic (exact) mass is 761 g/mol. The van der Waals surface area contributed by atoms with Crippen LogP contribution in [0.4, 0.5) is 11.4 Å². The van der Waals surface area contributed by atoms with Crippen LogP contribution in [0.15, 0.2) is 58.5 Å². The van der Waals surface area contributed by atoms with Gasteiger partial charge in [0, 0.05) is 31.9 Å². The third-order valence-electron chi connectivity index (χ3n) is 10.9. The molecule has 0 aliphatic carbocycles. The summed E-state index contributed by atoms with van der Waals surface area (Å²) >= 11 is 0. The van der Waals surface area contributed by atoms with Crippen molar-refractivity contribution in [3.8, 4) is 23.7 Å². The van der Waals surface area contributed by atoms with Gasteiger partial charge >= 0.3 is 0 Å². The fourth-order valence-electron chi connectivity index (χ4n) is 7.33. The molecule has 0 heterocycles. The number of nitrogens with zero attached hydrogens (tertiary/aromatic N) is 2. The highest BCUT2D eigenvalue weighted by molar-refractivity contribution is 6.31. The van der Waals surface area contributed by atoms with Crippen LogP contribution in [0.25, 0.3) is 0 Å². The van der Waals surface area contributed by atoms with Crippen molar-refractivity contribution >= 4 is 23.3 Å². The molecule has 310 valence electrons. The van der Waals surface area contributed by atoms with Crippen molar-refractivity contribution in [2.45, 2.75) is 233 Å². The molecule has 0 aliphatic heterocycles. The molecule has 2 aromatic carbocycles. The quantitative estimate of drug-likeness (QED) is 0.0386. The summed E-state index contributed by atoms with van der Waals surface area (Å²) in [6, 6.07) is 17.3. The number of para-hydroxylation sites is 2. The van der Waals surface area contributed by atoms with Crippen LogP contribution in [0.2, 0.25) is 0 Å². The van der Waals surface area contributed by atoms with Crippen molar-refractivity contribution in [3.05, 3.63) is 59.7 Å². The van der Waals surface area contributed by atoms with Crippen molar-refractivity contribution < 1.29 is 0 Å². The lowest BCUT2D eigenvalue weighted by Crippen LogP contribution is -2.00. The van der Waals surface area contributed by atoms with Crippen LogP contribution in [0.3, 0.4) is 0 Å². The lowest BCUT2D eigenvalue weighted by molar-refractivity contribution is 0.551. The molecule has 2 heteroatoms. The summed E-state index contributed by atoms with van der Waals surface area (Å²) in [5.74, 6) is 13.8. The van der Waals surface area contributed by atoms with E-state index in [2.05, 4.69) is 93.0 Å². The summed E-state index contributed by atoms with van der Waals surface area (Å²) in [5, 5.41) is 0. The summed E-state index contributed by atoms with van der Waals surface area (Å²) in [5.41, 5.74) is 5.82. The Kier molecular flexibility index (Phi) is 32.8. The Hall–Kier alpha value is -3.10. The van der Waals surface area contributed by atoms with E-state index in [9.17, 15) is 0 Å². The average molecular weight is 761 g/mol. The number of benzene rings is 2. The third kappa shape index (κ3) is 27.5. The molecule has 0 atom stereocenters. The van der Waals surface area contributed by atoms with Gasteiger partial charge in [0.15, 0.2) is 0 Å². The average Bonchev–Trinajstić information content (AvgIpc) is 3.22. The Bertz CT molecular complexity index is 1390. The van der Waals surface area contributed by atoms with Crippen LogP contribution in [-0.2, 0) is 12.8 Å². The number of unbranched alkanes of at least 4 members (excludes halogenated alkanes) is 25. The normalized spacial score (nSPS) is 11.4. The van der Waals surface area contributed by atoms with Gasteiger partial charge in [-0.1, -0.05) is 192 Å². The number of aliphatic imine (C=N–C) groups is 2. The van der Waals surface area contributed by atoms with E-state index in [-0.39, 0.29) is 0 Å². The van der Waals surface area contributed by atoms with Crippen LogP contribution >= 0.6 is 0 Å². The minimum absolute atomic E-state index is 0.940. The molecule has 56 heavy (non-hydrogen) atoms. The Labute approximate surface area is 348 Å². The maximum absolute atomic E-state index is 5.19. The molecule has 2 nitrogen and oxygen atoms in total. The maximum atomic E-state index is 5.19. The third-order valence-corrected chi connectivity index (χ3v) is 10.9. The zero-order chi connectivity index (χ0) is 39.8. The topological polar surface area (TPSA) is 24.7 Å². The molecule has 0 N–H and O–H groups in total. The summed E-state index contributed by atoms with van der Waals surface area (Å²) < 4.78 is 0. The summed E-state index contributed by atoms with van der Waals surface area (Å²) in [7, 11) is 0. The number of hydrogen-bond donors (Lipinski definition) is 0. The Balaban J connectivity index is 1.74. The van der Waals surface area contributed by atoms with E-state index in [1.54, 1.807) is 0 Å². The number of rotatable bonds is 34. The molecule has 0 radical (unpaired) electrons. The van der Waals surface area contributed by atoms with Crippen LogP contribution in [0.5, 0.6) is 0 Å². The Morgan fingerprint density at radius 3 is 1.21 bits per heavy atom. The van der Waals surface area contributed by atoms with Gasteiger partial charge in [0.2, 0.25) is 0 Å². The highest BCUT2D eigenvalue weighted by atomic mass is 14.8. The van der Waals surface area contributed by atoms with Gasteiger partial charge in [-0.25, -0.2) is 0 Å². The van der Waals surface area contributed by atoms with Gasteiger partial charge in [-0.2, -0.15) is 0 Å². The van der Waals surface area contributed by atoms with Crippen LogP contribution in [0, 0.1) is 23.7 Å².